The van der Waals surface area contributed by atoms with Crippen molar-refractivity contribution in [2.45, 2.75) is 13.3 Å². The molecule has 7 rings (SSSR count). The number of para-hydroxylation sites is 1. The number of rotatable bonds is 2. The van der Waals surface area contributed by atoms with Crippen LogP contribution < -0.4 is 10.5 Å². The first-order valence-electron chi connectivity index (χ1n) is 9.91. The zero-order valence-corrected chi connectivity index (χ0v) is 15.8. The summed E-state index contributed by atoms with van der Waals surface area (Å²) in [5.41, 5.74) is 1.23. The molecule has 1 aromatic heterocycles. The summed E-state index contributed by atoms with van der Waals surface area (Å²) < 4.78 is 3.25. The fraction of sp³-hybridized carbons (Fsp3) is 0.409. The van der Waals surface area contributed by atoms with Gasteiger partial charge < -0.3 is 0 Å². The molecule has 4 aliphatic carbocycles. The molecule has 2 saturated carbocycles. The van der Waals surface area contributed by atoms with E-state index in [1.807, 2.05) is 30.3 Å². The van der Waals surface area contributed by atoms with Gasteiger partial charge in [-0.3, -0.25) is 19.1 Å². The Bertz CT molecular complexity index is 1090. The zero-order valence-electron chi connectivity index (χ0n) is 15.8. The van der Waals surface area contributed by atoms with Crippen molar-refractivity contribution in [2.24, 2.45) is 42.6 Å². The minimum atomic E-state index is -0.322. The summed E-state index contributed by atoms with van der Waals surface area (Å²) in [6.07, 6.45) is 5.42. The van der Waals surface area contributed by atoms with Gasteiger partial charge >= 0.3 is 0 Å². The van der Waals surface area contributed by atoms with Crippen LogP contribution >= 0.6 is 0 Å². The van der Waals surface area contributed by atoms with Crippen LogP contribution in [-0.4, -0.2) is 21.2 Å². The van der Waals surface area contributed by atoms with Crippen LogP contribution in [0.4, 0.5) is 5.69 Å². The maximum Gasteiger partial charge on any atom is 0.296 e. The molecular weight excluding hydrogens is 354 g/mol. The Morgan fingerprint density at radius 1 is 0.893 bits per heavy atom. The molecule has 2 amide bonds. The quantitative estimate of drug-likeness (QED) is 0.596. The zero-order chi connectivity index (χ0) is 19.3. The first-order valence-corrected chi connectivity index (χ1v) is 9.91. The monoisotopic (exact) mass is 375 g/mol. The number of anilines is 1. The summed E-state index contributed by atoms with van der Waals surface area (Å²) in [6, 6.07) is 9.29. The predicted molar refractivity (Wildman–Crippen MR) is 103 cm³/mol. The maximum absolute atomic E-state index is 13.4. The third-order valence-corrected chi connectivity index (χ3v) is 7.41. The van der Waals surface area contributed by atoms with Gasteiger partial charge in [-0.15, -0.1) is 0 Å². The highest BCUT2D eigenvalue weighted by molar-refractivity contribution is 6.22. The molecule has 6 heteroatoms. The van der Waals surface area contributed by atoms with Crippen molar-refractivity contribution in [3.05, 3.63) is 58.5 Å². The minimum Gasteiger partial charge on any atom is -0.283 e. The maximum atomic E-state index is 13.4. The second kappa shape index (κ2) is 5.13. The van der Waals surface area contributed by atoms with Crippen molar-refractivity contribution in [2.75, 3.05) is 4.90 Å². The first-order chi connectivity index (χ1) is 13.5. The number of aromatic nitrogens is 2. The summed E-state index contributed by atoms with van der Waals surface area (Å²) in [5, 5.41) is 0. The molecule has 0 N–H and O–H groups in total. The molecule has 2 heterocycles. The highest BCUT2D eigenvalue weighted by atomic mass is 16.2. The third-order valence-electron chi connectivity index (χ3n) is 7.41. The van der Waals surface area contributed by atoms with E-state index in [-0.39, 0.29) is 46.7 Å². The molecule has 5 aliphatic rings. The fourth-order valence-corrected chi connectivity index (χ4v) is 5.99. The number of nitrogens with zero attached hydrogens (tertiary/aromatic N) is 3. The second-order valence-electron chi connectivity index (χ2n) is 8.58. The van der Waals surface area contributed by atoms with Crippen LogP contribution in [0.25, 0.3) is 5.69 Å². The molecule has 1 aromatic carbocycles. The molecule has 1 aliphatic heterocycles. The molecule has 0 radical (unpaired) electrons. The smallest absolute Gasteiger partial charge is 0.283 e. The number of amides is 2. The number of carbonyl (C=O) groups excluding carboxylic acids is 2. The summed E-state index contributed by atoms with van der Waals surface area (Å²) in [6.45, 7) is 1.79. The number of benzene rings is 1. The Morgan fingerprint density at radius 3 is 2.04 bits per heavy atom. The summed E-state index contributed by atoms with van der Waals surface area (Å²) >= 11 is 0. The van der Waals surface area contributed by atoms with E-state index in [4.69, 9.17) is 0 Å². The molecule has 6 nitrogen and oxygen atoms in total. The van der Waals surface area contributed by atoms with Crippen LogP contribution in [0.15, 0.2) is 47.3 Å². The Balaban J connectivity index is 1.49. The lowest BCUT2D eigenvalue weighted by atomic mass is 9.63. The molecule has 1 saturated heterocycles. The molecule has 28 heavy (non-hydrogen) atoms. The molecule has 0 spiro atoms. The van der Waals surface area contributed by atoms with E-state index < -0.39 is 0 Å². The number of hydrogen-bond acceptors (Lipinski definition) is 3. The largest absolute Gasteiger partial charge is 0.296 e. The van der Waals surface area contributed by atoms with E-state index in [1.54, 1.807) is 18.7 Å². The Labute approximate surface area is 162 Å². The molecule has 2 aromatic rings. The van der Waals surface area contributed by atoms with Crippen molar-refractivity contribution in [3.63, 3.8) is 0 Å². The van der Waals surface area contributed by atoms with Gasteiger partial charge in [-0.25, -0.2) is 9.58 Å². The Morgan fingerprint density at radius 2 is 1.46 bits per heavy atom. The number of allylic oxidation sites excluding steroid dienone is 2. The van der Waals surface area contributed by atoms with Gasteiger partial charge in [-0.2, -0.15) is 0 Å². The number of carbonyl (C=O) groups is 2. The minimum absolute atomic E-state index is 0.154. The van der Waals surface area contributed by atoms with E-state index in [0.717, 1.165) is 6.42 Å². The standard InChI is InChI=1S/C22H21N3O3/c1-11-19(22(28)25(23(11)2)12-6-4-3-5-7-12)24-20(26)17-13-8-9-14(16-10-15(13)16)18(17)21(24)27/h3-9,13-18H,10H2,1-2H3/t13-,14+,15-,16+,17+,18-. The van der Waals surface area contributed by atoms with Gasteiger partial charge in [-0.1, -0.05) is 30.4 Å². The Kier molecular flexibility index (Phi) is 2.95. The highest BCUT2D eigenvalue weighted by Crippen LogP contribution is 2.65. The summed E-state index contributed by atoms with van der Waals surface area (Å²) in [4.78, 5) is 41.3. The molecular formula is C22H21N3O3. The normalized spacial score (nSPS) is 34.7. The molecule has 3 fully saturated rings. The molecule has 2 bridgehead atoms. The Hall–Kier alpha value is -2.89. The molecule has 6 atom stereocenters. The van der Waals surface area contributed by atoms with Gasteiger partial charge in [0.1, 0.15) is 5.69 Å². The van der Waals surface area contributed by atoms with Gasteiger partial charge in [0.05, 0.1) is 23.2 Å². The average molecular weight is 375 g/mol. The van der Waals surface area contributed by atoms with E-state index in [2.05, 4.69) is 12.2 Å². The van der Waals surface area contributed by atoms with Crippen molar-refractivity contribution < 1.29 is 9.59 Å². The topological polar surface area (TPSA) is 64.3 Å². The van der Waals surface area contributed by atoms with Crippen LogP contribution in [0.5, 0.6) is 0 Å². The second-order valence-corrected chi connectivity index (χ2v) is 8.58. The van der Waals surface area contributed by atoms with Gasteiger partial charge in [0.15, 0.2) is 0 Å². The average Bonchev–Trinajstić information content (AvgIpc) is 3.45. The SMILES string of the molecule is Cc1c(N2C(=O)[C@@H]3[C@H]4C=C[C@H]([C@H]5C[C@@H]45)[C@@H]3C2=O)c(=O)n(-c2ccccc2)n1C. The van der Waals surface area contributed by atoms with Crippen molar-refractivity contribution >= 4 is 17.5 Å². The summed E-state index contributed by atoms with van der Waals surface area (Å²) in [7, 11) is 1.78. The van der Waals surface area contributed by atoms with Crippen molar-refractivity contribution in [3.8, 4) is 5.69 Å². The fourth-order valence-electron chi connectivity index (χ4n) is 5.99. The lowest BCUT2D eigenvalue weighted by Gasteiger charge is -2.37. The van der Waals surface area contributed by atoms with Crippen LogP contribution in [0.3, 0.4) is 0 Å². The van der Waals surface area contributed by atoms with Gasteiger partial charge in [0.25, 0.3) is 5.56 Å². The van der Waals surface area contributed by atoms with Crippen LogP contribution in [0.2, 0.25) is 0 Å². The summed E-state index contributed by atoms with van der Waals surface area (Å²) in [5.74, 6) is 0.433. The number of imide groups is 1. The van der Waals surface area contributed by atoms with Crippen LogP contribution in [-0.2, 0) is 16.6 Å². The lowest BCUT2D eigenvalue weighted by Crippen LogP contribution is -2.40. The van der Waals surface area contributed by atoms with E-state index in [1.165, 1.54) is 9.58 Å². The third kappa shape index (κ3) is 1.76. The van der Waals surface area contributed by atoms with Crippen LogP contribution in [0.1, 0.15) is 12.1 Å². The molecule has 0 unspecified atom stereocenters. The highest BCUT2D eigenvalue weighted by Gasteiger charge is 2.67. The van der Waals surface area contributed by atoms with Crippen LogP contribution in [0, 0.1) is 42.4 Å². The van der Waals surface area contributed by atoms with E-state index >= 15 is 0 Å². The molecule has 142 valence electrons. The van der Waals surface area contributed by atoms with Gasteiger partial charge in [0.2, 0.25) is 11.8 Å². The first kappa shape index (κ1) is 16.1. The lowest BCUT2D eigenvalue weighted by molar-refractivity contribution is -0.124. The van der Waals surface area contributed by atoms with E-state index in [9.17, 15) is 14.4 Å². The van der Waals surface area contributed by atoms with Gasteiger partial charge in [-0.05, 0) is 49.1 Å². The van der Waals surface area contributed by atoms with Gasteiger partial charge in [0, 0.05) is 7.05 Å². The predicted octanol–water partition coefficient (Wildman–Crippen LogP) is 2.04. The van der Waals surface area contributed by atoms with E-state index in [0.29, 0.717) is 23.2 Å². The van der Waals surface area contributed by atoms with Crippen molar-refractivity contribution in [1.29, 1.82) is 0 Å². The number of hydrogen-bond donors (Lipinski definition) is 0. The van der Waals surface area contributed by atoms with Crippen molar-refractivity contribution in [1.82, 2.24) is 9.36 Å².